The number of hydrogen-bond acceptors (Lipinski definition) is 3. The molecule has 2 fully saturated rings. The van der Waals surface area contributed by atoms with Crippen LogP contribution in [0, 0.1) is 5.92 Å². The minimum absolute atomic E-state index is 0.0935. The van der Waals surface area contributed by atoms with E-state index in [2.05, 4.69) is 5.32 Å². The molecular weight excluding hydrogens is 218 g/mol. The number of aliphatic hydroxyl groups excluding tert-OH is 2. The molecule has 4 heteroatoms. The topological polar surface area (TPSA) is 69.6 Å². The smallest absolute Gasteiger partial charge is 0.220 e. The number of aliphatic hydroxyl groups is 2. The zero-order chi connectivity index (χ0) is 12.3. The second-order valence-corrected chi connectivity index (χ2v) is 5.56. The van der Waals surface area contributed by atoms with Crippen LogP contribution < -0.4 is 5.32 Å². The molecule has 98 valence electrons. The molecule has 17 heavy (non-hydrogen) atoms. The highest BCUT2D eigenvalue weighted by atomic mass is 16.3. The Labute approximate surface area is 102 Å². The number of fused-ring (bicyclic) bond motifs is 1. The molecule has 1 aliphatic heterocycles. The standard InChI is InChI=1S/C13H23NO3/c15-9-11(16)6-8-13-7-2-1-3-10(13)4-5-12(17)14-13/h10-11,15-16H,1-9H2,(H,14,17)/t10-,11-,13+/m0/s1. The van der Waals surface area contributed by atoms with Crippen LogP contribution in [0.3, 0.4) is 0 Å². The van der Waals surface area contributed by atoms with Crippen LogP contribution in [0.1, 0.15) is 51.4 Å². The van der Waals surface area contributed by atoms with Crippen molar-refractivity contribution < 1.29 is 15.0 Å². The molecule has 2 rings (SSSR count). The summed E-state index contributed by atoms with van der Waals surface area (Å²) in [4.78, 5) is 11.6. The van der Waals surface area contributed by atoms with E-state index < -0.39 is 6.10 Å². The first kappa shape index (κ1) is 12.8. The molecule has 1 amide bonds. The van der Waals surface area contributed by atoms with Crippen molar-refractivity contribution in [3.05, 3.63) is 0 Å². The Hall–Kier alpha value is -0.610. The zero-order valence-corrected chi connectivity index (χ0v) is 10.3. The van der Waals surface area contributed by atoms with Gasteiger partial charge in [-0.1, -0.05) is 12.8 Å². The predicted molar refractivity (Wildman–Crippen MR) is 64.4 cm³/mol. The Morgan fingerprint density at radius 1 is 1.41 bits per heavy atom. The van der Waals surface area contributed by atoms with Crippen molar-refractivity contribution in [2.24, 2.45) is 5.92 Å². The highest BCUT2D eigenvalue weighted by molar-refractivity contribution is 5.77. The summed E-state index contributed by atoms with van der Waals surface area (Å²) in [7, 11) is 0. The Bertz CT molecular complexity index is 282. The average molecular weight is 241 g/mol. The quantitative estimate of drug-likeness (QED) is 0.686. The summed E-state index contributed by atoms with van der Waals surface area (Å²) in [5, 5.41) is 21.5. The molecule has 1 heterocycles. The first-order valence-electron chi connectivity index (χ1n) is 6.76. The van der Waals surface area contributed by atoms with Gasteiger partial charge in [-0.3, -0.25) is 4.79 Å². The van der Waals surface area contributed by atoms with Crippen LogP contribution in [0.4, 0.5) is 0 Å². The van der Waals surface area contributed by atoms with Crippen LogP contribution in [0.5, 0.6) is 0 Å². The minimum atomic E-state index is -0.647. The molecule has 0 spiro atoms. The van der Waals surface area contributed by atoms with Gasteiger partial charge in [-0.15, -0.1) is 0 Å². The van der Waals surface area contributed by atoms with Crippen molar-refractivity contribution >= 4 is 5.91 Å². The Morgan fingerprint density at radius 2 is 2.24 bits per heavy atom. The van der Waals surface area contributed by atoms with E-state index in [-0.39, 0.29) is 18.1 Å². The maximum Gasteiger partial charge on any atom is 0.220 e. The lowest BCUT2D eigenvalue weighted by Crippen LogP contribution is -2.58. The molecule has 2 aliphatic rings. The molecule has 1 saturated carbocycles. The Morgan fingerprint density at radius 3 is 3.00 bits per heavy atom. The van der Waals surface area contributed by atoms with E-state index in [9.17, 15) is 9.90 Å². The summed E-state index contributed by atoms with van der Waals surface area (Å²) in [5.41, 5.74) is -0.0935. The summed E-state index contributed by atoms with van der Waals surface area (Å²) >= 11 is 0. The maximum absolute atomic E-state index is 11.6. The van der Waals surface area contributed by atoms with Crippen molar-refractivity contribution in [1.29, 1.82) is 0 Å². The van der Waals surface area contributed by atoms with E-state index in [1.165, 1.54) is 12.8 Å². The number of carbonyl (C=O) groups is 1. The Balaban J connectivity index is 2.02. The van der Waals surface area contributed by atoms with Crippen LogP contribution in [0.15, 0.2) is 0 Å². The van der Waals surface area contributed by atoms with Crippen LogP contribution in [0.2, 0.25) is 0 Å². The van der Waals surface area contributed by atoms with Gasteiger partial charge in [0, 0.05) is 12.0 Å². The largest absolute Gasteiger partial charge is 0.394 e. The third-order valence-electron chi connectivity index (χ3n) is 4.45. The SMILES string of the molecule is O=C1CC[C@@H]2CCCC[C@]2(CC[C@H](O)CO)N1. The van der Waals surface area contributed by atoms with Crippen molar-refractivity contribution in [1.82, 2.24) is 5.32 Å². The molecule has 0 aromatic carbocycles. The summed E-state index contributed by atoms with van der Waals surface area (Å²) in [6.45, 7) is -0.186. The molecule has 3 N–H and O–H groups in total. The second kappa shape index (κ2) is 5.36. The van der Waals surface area contributed by atoms with Gasteiger partial charge in [-0.05, 0) is 38.0 Å². The van der Waals surface area contributed by atoms with E-state index in [4.69, 9.17) is 5.11 Å². The van der Waals surface area contributed by atoms with Crippen LogP contribution in [-0.2, 0) is 4.79 Å². The van der Waals surface area contributed by atoms with Gasteiger partial charge < -0.3 is 15.5 Å². The molecule has 0 bridgehead atoms. The fourth-order valence-corrected chi connectivity index (χ4v) is 3.45. The number of piperidine rings is 1. The summed E-state index contributed by atoms with van der Waals surface area (Å²) in [6.07, 6.45) is 6.99. The van der Waals surface area contributed by atoms with Crippen LogP contribution in [-0.4, -0.2) is 34.4 Å². The maximum atomic E-state index is 11.6. The minimum Gasteiger partial charge on any atom is -0.394 e. The van der Waals surface area contributed by atoms with Gasteiger partial charge in [-0.25, -0.2) is 0 Å². The molecule has 0 aromatic rings. The third-order valence-corrected chi connectivity index (χ3v) is 4.45. The number of hydrogen-bond donors (Lipinski definition) is 3. The highest BCUT2D eigenvalue weighted by Gasteiger charge is 2.44. The van der Waals surface area contributed by atoms with E-state index in [1.54, 1.807) is 0 Å². The number of rotatable bonds is 4. The van der Waals surface area contributed by atoms with Gasteiger partial charge in [0.15, 0.2) is 0 Å². The zero-order valence-electron chi connectivity index (χ0n) is 10.3. The molecule has 0 aromatic heterocycles. The fourth-order valence-electron chi connectivity index (χ4n) is 3.45. The van der Waals surface area contributed by atoms with Gasteiger partial charge in [0.25, 0.3) is 0 Å². The predicted octanol–water partition coefficient (Wildman–Crippen LogP) is 0.959. The van der Waals surface area contributed by atoms with E-state index in [0.717, 1.165) is 25.7 Å². The number of amides is 1. The molecule has 1 aliphatic carbocycles. The lowest BCUT2D eigenvalue weighted by Gasteiger charge is -2.48. The molecule has 0 radical (unpaired) electrons. The summed E-state index contributed by atoms with van der Waals surface area (Å²) in [5.74, 6) is 0.724. The molecule has 3 atom stereocenters. The van der Waals surface area contributed by atoms with Crippen molar-refractivity contribution in [2.75, 3.05) is 6.61 Å². The summed E-state index contributed by atoms with van der Waals surface area (Å²) < 4.78 is 0. The van der Waals surface area contributed by atoms with Gasteiger partial charge in [-0.2, -0.15) is 0 Å². The van der Waals surface area contributed by atoms with Crippen molar-refractivity contribution in [3.63, 3.8) is 0 Å². The van der Waals surface area contributed by atoms with Crippen LogP contribution >= 0.6 is 0 Å². The van der Waals surface area contributed by atoms with Crippen LogP contribution in [0.25, 0.3) is 0 Å². The molecule has 1 saturated heterocycles. The third kappa shape index (κ3) is 2.80. The Kier molecular flexibility index (Phi) is 4.05. The van der Waals surface area contributed by atoms with Gasteiger partial charge in [0.2, 0.25) is 5.91 Å². The molecular formula is C13H23NO3. The average Bonchev–Trinajstić information content (AvgIpc) is 2.35. The van der Waals surface area contributed by atoms with Crippen molar-refractivity contribution in [2.45, 2.75) is 63.0 Å². The van der Waals surface area contributed by atoms with Gasteiger partial charge in [0.05, 0.1) is 12.7 Å². The van der Waals surface area contributed by atoms with Gasteiger partial charge >= 0.3 is 0 Å². The monoisotopic (exact) mass is 241 g/mol. The number of nitrogens with one attached hydrogen (secondary N) is 1. The lowest BCUT2D eigenvalue weighted by molar-refractivity contribution is -0.128. The first-order chi connectivity index (χ1) is 8.16. The molecule has 0 unspecified atom stereocenters. The summed E-state index contributed by atoms with van der Waals surface area (Å²) in [6, 6.07) is 0. The first-order valence-corrected chi connectivity index (χ1v) is 6.76. The number of carbonyl (C=O) groups excluding carboxylic acids is 1. The van der Waals surface area contributed by atoms with E-state index in [0.29, 0.717) is 18.8 Å². The van der Waals surface area contributed by atoms with E-state index >= 15 is 0 Å². The van der Waals surface area contributed by atoms with Crippen molar-refractivity contribution in [3.8, 4) is 0 Å². The lowest BCUT2D eigenvalue weighted by atomic mass is 9.66. The molecule has 4 nitrogen and oxygen atoms in total. The normalized spacial score (nSPS) is 34.9. The van der Waals surface area contributed by atoms with E-state index in [1.807, 2.05) is 0 Å². The second-order valence-electron chi connectivity index (χ2n) is 5.56. The fraction of sp³-hybridized carbons (Fsp3) is 0.923. The van der Waals surface area contributed by atoms with Gasteiger partial charge in [0.1, 0.15) is 0 Å². The highest BCUT2D eigenvalue weighted by Crippen LogP contribution is 2.42.